The zero-order valence-corrected chi connectivity index (χ0v) is 11.2. The molecule has 0 unspecified atom stereocenters. The van der Waals surface area contributed by atoms with E-state index >= 15 is 0 Å². The fraction of sp³-hybridized carbons (Fsp3) is 0.200. The standard InChI is InChI=1S/C15H15ClN2O/c16-14-7-2-1-5-12(14)8-9-15(19)18-11-13-6-3-4-10-17-13/h1-7,10H,8-9,11H2,(H,18,19). The van der Waals surface area contributed by atoms with Gasteiger partial charge in [-0.15, -0.1) is 0 Å². The van der Waals surface area contributed by atoms with E-state index in [0.29, 0.717) is 24.4 Å². The summed E-state index contributed by atoms with van der Waals surface area (Å²) < 4.78 is 0. The Hall–Kier alpha value is -1.87. The molecule has 0 atom stereocenters. The second kappa shape index (κ2) is 6.90. The summed E-state index contributed by atoms with van der Waals surface area (Å²) in [4.78, 5) is 15.9. The van der Waals surface area contributed by atoms with Gasteiger partial charge in [0.05, 0.1) is 12.2 Å². The number of hydrogen-bond donors (Lipinski definition) is 1. The highest BCUT2D eigenvalue weighted by molar-refractivity contribution is 6.31. The molecule has 0 saturated carbocycles. The molecule has 19 heavy (non-hydrogen) atoms. The number of carbonyl (C=O) groups excluding carboxylic acids is 1. The van der Waals surface area contributed by atoms with Crippen LogP contribution in [0.25, 0.3) is 0 Å². The van der Waals surface area contributed by atoms with Crippen LogP contribution in [-0.2, 0) is 17.8 Å². The average molecular weight is 275 g/mol. The van der Waals surface area contributed by atoms with Gasteiger partial charge >= 0.3 is 0 Å². The Morgan fingerprint density at radius 2 is 1.95 bits per heavy atom. The fourth-order valence-electron chi connectivity index (χ4n) is 1.73. The molecule has 1 aromatic carbocycles. The first kappa shape index (κ1) is 13.6. The van der Waals surface area contributed by atoms with Gasteiger partial charge in [-0.1, -0.05) is 35.9 Å². The van der Waals surface area contributed by atoms with Crippen LogP contribution < -0.4 is 5.32 Å². The Labute approximate surface area is 117 Å². The van der Waals surface area contributed by atoms with E-state index in [4.69, 9.17) is 11.6 Å². The van der Waals surface area contributed by atoms with E-state index in [1.807, 2.05) is 42.5 Å². The number of aryl methyl sites for hydroxylation is 1. The van der Waals surface area contributed by atoms with Crippen molar-refractivity contribution in [3.63, 3.8) is 0 Å². The molecular formula is C15H15ClN2O. The lowest BCUT2D eigenvalue weighted by Crippen LogP contribution is -2.23. The normalized spacial score (nSPS) is 10.2. The van der Waals surface area contributed by atoms with E-state index in [0.717, 1.165) is 11.3 Å². The van der Waals surface area contributed by atoms with E-state index in [-0.39, 0.29) is 5.91 Å². The Morgan fingerprint density at radius 1 is 1.16 bits per heavy atom. The molecule has 0 radical (unpaired) electrons. The molecule has 0 fully saturated rings. The number of aromatic nitrogens is 1. The molecule has 98 valence electrons. The molecule has 0 saturated heterocycles. The van der Waals surface area contributed by atoms with Crippen LogP contribution in [0, 0.1) is 0 Å². The molecule has 1 N–H and O–H groups in total. The van der Waals surface area contributed by atoms with E-state index in [1.165, 1.54) is 0 Å². The Morgan fingerprint density at radius 3 is 2.68 bits per heavy atom. The molecule has 3 nitrogen and oxygen atoms in total. The Balaban J connectivity index is 1.78. The van der Waals surface area contributed by atoms with Gasteiger partial charge in [0, 0.05) is 17.6 Å². The molecule has 2 rings (SSSR count). The topological polar surface area (TPSA) is 42.0 Å². The van der Waals surface area contributed by atoms with Crippen molar-refractivity contribution in [1.82, 2.24) is 10.3 Å². The Kier molecular flexibility index (Phi) is 4.93. The first-order valence-electron chi connectivity index (χ1n) is 6.16. The molecular weight excluding hydrogens is 260 g/mol. The van der Waals surface area contributed by atoms with Crippen molar-refractivity contribution in [2.45, 2.75) is 19.4 Å². The van der Waals surface area contributed by atoms with E-state index < -0.39 is 0 Å². The SMILES string of the molecule is O=C(CCc1ccccc1Cl)NCc1ccccn1. The zero-order chi connectivity index (χ0) is 13.5. The maximum Gasteiger partial charge on any atom is 0.220 e. The van der Waals surface area contributed by atoms with Gasteiger partial charge in [0.25, 0.3) is 0 Å². The molecule has 0 aliphatic carbocycles. The van der Waals surface area contributed by atoms with Crippen molar-refractivity contribution in [1.29, 1.82) is 0 Å². The molecule has 1 amide bonds. The minimum atomic E-state index is 0.00516. The van der Waals surface area contributed by atoms with Gasteiger partial charge in [-0.2, -0.15) is 0 Å². The van der Waals surface area contributed by atoms with Crippen molar-refractivity contribution in [3.8, 4) is 0 Å². The smallest absolute Gasteiger partial charge is 0.220 e. The highest BCUT2D eigenvalue weighted by atomic mass is 35.5. The van der Waals surface area contributed by atoms with Crippen LogP contribution in [-0.4, -0.2) is 10.9 Å². The predicted octanol–water partition coefficient (Wildman–Crippen LogP) is 2.98. The first-order chi connectivity index (χ1) is 9.25. The predicted molar refractivity (Wildman–Crippen MR) is 75.9 cm³/mol. The number of nitrogens with one attached hydrogen (secondary N) is 1. The van der Waals surface area contributed by atoms with Gasteiger partial charge in [0.1, 0.15) is 0 Å². The number of hydrogen-bond acceptors (Lipinski definition) is 2. The lowest BCUT2D eigenvalue weighted by Gasteiger charge is -2.06. The summed E-state index contributed by atoms with van der Waals surface area (Å²) in [7, 11) is 0. The molecule has 2 aromatic rings. The third kappa shape index (κ3) is 4.38. The fourth-order valence-corrected chi connectivity index (χ4v) is 1.96. The van der Waals surface area contributed by atoms with E-state index in [1.54, 1.807) is 6.20 Å². The van der Waals surface area contributed by atoms with Crippen molar-refractivity contribution in [3.05, 3.63) is 64.9 Å². The number of nitrogens with zero attached hydrogens (tertiary/aromatic N) is 1. The maximum absolute atomic E-state index is 11.7. The first-order valence-corrected chi connectivity index (χ1v) is 6.53. The van der Waals surface area contributed by atoms with Gasteiger partial charge in [-0.3, -0.25) is 9.78 Å². The highest BCUT2D eigenvalue weighted by Crippen LogP contribution is 2.16. The summed E-state index contributed by atoms with van der Waals surface area (Å²) in [5.74, 6) is 0.00516. The number of benzene rings is 1. The highest BCUT2D eigenvalue weighted by Gasteiger charge is 2.04. The monoisotopic (exact) mass is 274 g/mol. The number of amides is 1. The third-order valence-electron chi connectivity index (χ3n) is 2.77. The van der Waals surface area contributed by atoms with E-state index in [9.17, 15) is 4.79 Å². The van der Waals surface area contributed by atoms with Gasteiger partial charge in [0.2, 0.25) is 5.91 Å². The lowest BCUT2D eigenvalue weighted by atomic mass is 10.1. The molecule has 0 aliphatic rings. The van der Waals surface area contributed by atoms with Crippen molar-refractivity contribution >= 4 is 17.5 Å². The van der Waals surface area contributed by atoms with Gasteiger partial charge in [-0.05, 0) is 30.2 Å². The van der Waals surface area contributed by atoms with Crippen LogP contribution in [0.15, 0.2) is 48.7 Å². The molecule has 0 bridgehead atoms. The molecule has 4 heteroatoms. The molecule has 0 spiro atoms. The number of pyridine rings is 1. The summed E-state index contributed by atoms with van der Waals surface area (Å²) in [6, 6.07) is 13.2. The summed E-state index contributed by atoms with van der Waals surface area (Å²) in [5, 5.41) is 3.55. The van der Waals surface area contributed by atoms with Crippen LogP contribution in [0.1, 0.15) is 17.7 Å². The molecule has 0 aliphatic heterocycles. The minimum Gasteiger partial charge on any atom is -0.350 e. The molecule has 1 heterocycles. The van der Waals surface area contributed by atoms with Gasteiger partial charge in [-0.25, -0.2) is 0 Å². The van der Waals surface area contributed by atoms with Crippen LogP contribution in [0.3, 0.4) is 0 Å². The second-order valence-electron chi connectivity index (χ2n) is 4.19. The summed E-state index contributed by atoms with van der Waals surface area (Å²) in [6.45, 7) is 0.461. The van der Waals surface area contributed by atoms with Crippen molar-refractivity contribution in [2.75, 3.05) is 0 Å². The van der Waals surface area contributed by atoms with Gasteiger partial charge in [0.15, 0.2) is 0 Å². The van der Waals surface area contributed by atoms with Crippen LogP contribution >= 0.6 is 11.6 Å². The molecule has 1 aromatic heterocycles. The average Bonchev–Trinajstić information content (AvgIpc) is 2.45. The van der Waals surface area contributed by atoms with E-state index in [2.05, 4.69) is 10.3 Å². The zero-order valence-electron chi connectivity index (χ0n) is 10.5. The largest absolute Gasteiger partial charge is 0.350 e. The lowest BCUT2D eigenvalue weighted by molar-refractivity contribution is -0.121. The van der Waals surface area contributed by atoms with Crippen LogP contribution in [0.2, 0.25) is 5.02 Å². The number of rotatable bonds is 5. The van der Waals surface area contributed by atoms with Gasteiger partial charge < -0.3 is 5.32 Å². The Bertz CT molecular complexity index is 543. The van der Waals surface area contributed by atoms with Crippen molar-refractivity contribution in [2.24, 2.45) is 0 Å². The second-order valence-corrected chi connectivity index (χ2v) is 4.60. The summed E-state index contributed by atoms with van der Waals surface area (Å²) >= 11 is 6.04. The van der Waals surface area contributed by atoms with Crippen LogP contribution in [0.4, 0.5) is 0 Å². The summed E-state index contributed by atoms with van der Waals surface area (Å²) in [5.41, 5.74) is 1.85. The maximum atomic E-state index is 11.7. The minimum absolute atomic E-state index is 0.00516. The van der Waals surface area contributed by atoms with Crippen molar-refractivity contribution < 1.29 is 4.79 Å². The summed E-state index contributed by atoms with van der Waals surface area (Å²) in [6.07, 6.45) is 2.79. The number of carbonyl (C=O) groups is 1. The number of halogens is 1. The van der Waals surface area contributed by atoms with Crippen LogP contribution in [0.5, 0.6) is 0 Å². The quantitative estimate of drug-likeness (QED) is 0.911. The third-order valence-corrected chi connectivity index (χ3v) is 3.14.